The highest BCUT2D eigenvalue weighted by atomic mass is 35.5. The molecule has 0 saturated heterocycles. The van der Waals surface area contributed by atoms with Crippen LogP contribution in [0.3, 0.4) is 0 Å². The quantitative estimate of drug-likeness (QED) is 0.596. The first-order valence-corrected chi connectivity index (χ1v) is 10.6. The molecule has 2 N–H and O–H groups in total. The van der Waals surface area contributed by atoms with Gasteiger partial charge in [0.2, 0.25) is 5.91 Å². The summed E-state index contributed by atoms with van der Waals surface area (Å²) in [5.74, 6) is 6.17. The molecule has 7 nitrogen and oxygen atoms in total. The molecule has 1 saturated carbocycles. The number of nitrogens with zero attached hydrogens (tertiary/aromatic N) is 3. The highest BCUT2D eigenvalue weighted by Crippen LogP contribution is 2.34. The molecule has 2 heterocycles. The second-order valence-corrected chi connectivity index (χ2v) is 8.18. The number of hydrogen-bond donors (Lipinski definition) is 2. The smallest absolute Gasteiger partial charge is 0.276 e. The lowest BCUT2D eigenvalue weighted by atomic mass is 9.86. The Hall–Kier alpha value is -3.63. The molecule has 1 aliphatic rings. The molecule has 0 radical (unpaired) electrons. The number of halogens is 1. The van der Waals surface area contributed by atoms with Crippen LogP contribution in [-0.2, 0) is 4.79 Å². The van der Waals surface area contributed by atoms with Gasteiger partial charge in [-0.3, -0.25) is 14.3 Å². The molecular formula is C24H22ClN5O2. The second-order valence-electron chi connectivity index (χ2n) is 7.77. The van der Waals surface area contributed by atoms with Crippen molar-refractivity contribution in [3.05, 3.63) is 76.2 Å². The molecule has 0 aliphatic heterocycles. The van der Waals surface area contributed by atoms with E-state index in [2.05, 4.69) is 32.6 Å². The molecule has 0 spiro atoms. The Balaban J connectivity index is 1.46. The summed E-state index contributed by atoms with van der Waals surface area (Å²) in [5.41, 5.74) is 2.75. The zero-order chi connectivity index (χ0) is 22.7. The van der Waals surface area contributed by atoms with Gasteiger partial charge in [-0.2, -0.15) is 5.10 Å². The van der Waals surface area contributed by atoms with Gasteiger partial charge < -0.3 is 10.6 Å². The first-order valence-electron chi connectivity index (χ1n) is 10.3. The van der Waals surface area contributed by atoms with E-state index in [1.165, 1.54) is 13.1 Å². The summed E-state index contributed by atoms with van der Waals surface area (Å²) < 4.78 is 1.63. The minimum atomic E-state index is -0.380. The van der Waals surface area contributed by atoms with E-state index in [1.54, 1.807) is 10.9 Å². The maximum Gasteiger partial charge on any atom is 0.276 e. The summed E-state index contributed by atoms with van der Waals surface area (Å²) in [4.78, 5) is 28.6. The minimum absolute atomic E-state index is 0.00444. The Bertz CT molecular complexity index is 1220. The highest BCUT2D eigenvalue weighted by Gasteiger charge is 2.34. The SMILES string of the molecule is CC(=O)N[C@H]1C[C@@H](n2ncc(Cl)c2C(=O)Nc2ncc(C#Cc3ccccc3)cc2C)C1. The predicted octanol–water partition coefficient (Wildman–Crippen LogP) is 3.73. The van der Waals surface area contributed by atoms with Gasteiger partial charge in [-0.25, -0.2) is 4.98 Å². The van der Waals surface area contributed by atoms with Gasteiger partial charge in [0.15, 0.2) is 0 Å². The van der Waals surface area contributed by atoms with Crippen LogP contribution in [0.15, 0.2) is 48.8 Å². The molecule has 1 fully saturated rings. The third kappa shape index (κ3) is 4.82. The van der Waals surface area contributed by atoms with Crippen LogP contribution in [0.25, 0.3) is 0 Å². The molecule has 1 aromatic carbocycles. The van der Waals surface area contributed by atoms with Crippen LogP contribution in [0, 0.1) is 18.8 Å². The van der Waals surface area contributed by atoms with Crippen LogP contribution >= 0.6 is 11.6 Å². The summed E-state index contributed by atoms with van der Waals surface area (Å²) in [5, 5.41) is 10.2. The predicted molar refractivity (Wildman–Crippen MR) is 122 cm³/mol. The minimum Gasteiger partial charge on any atom is -0.353 e. The summed E-state index contributed by atoms with van der Waals surface area (Å²) in [6, 6.07) is 11.7. The zero-order valence-corrected chi connectivity index (χ0v) is 18.5. The van der Waals surface area contributed by atoms with Gasteiger partial charge in [0.05, 0.1) is 17.3 Å². The Labute approximate surface area is 191 Å². The van der Waals surface area contributed by atoms with Crippen molar-refractivity contribution >= 4 is 29.2 Å². The molecule has 162 valence electrons. The van der Waals surface area contributed by atoms with Crippen molar-refractivity contribution in [1.82, 2.24) is 20.1 Å². The lowest BCUT2D eigenvalue weighted by Crippen LogP contribution is -2.45. The largest absolute Gasteiger partial charge is 0.353 e. The van der Waals surface area contributed by atoms with E-state index < -0.39 is 0 Å². The fraction of sp³-hybridized carbons (Fsp3) is 0.250. The average Bonchev–Trinajstić information content (AvgIpc) is 3.12. The number of amides is 2. The molecule has 3 aromatic rings. The number of carbonyl (C=O) groups excluding carboxylic acids is 2. The van der Waals surface area contributed by atoms with Crippen molar-refractivity contribution in [2.24, 2.45) is 0 Å². The van der Waals surface area contributed by atoms with E-state index in [1.807, 2.05) is 43.3 Å². The number of benzene rings is 1. The maximum atomic E-state index is 13.0. The van der Waals surface area contributed by atoms with E-state index >= 15 is 0 Å². The fourth-order valence-electron chi connectivity index (χ4n) is 3.63. The van der Waals surface area contributed by atoms with E-state index in [-0.39, 0.29) is 34.6 Å². The molecule has 2 aromatic heterocycles. The van der Waals surface area contributed by atoms with Crippen molar-refractivity contribution in [1.29, 1.82) is 0 Å². The Morgan fingerprint density at radius 3 is 2.53 bits per heavy atom. The molecule has 0 bridgehead atoms. The normalized spacial score (nSPS) is 17.0. The number of nitrogens with one attached hydrogen (secondary N) is 2. The number of hydrogen-bond acceptors (Lipinski definition) is 4. The molecule has 8 heteroatoms. The van der Waals surface area contributed by atoms with Gasteiger partial charge >= 0.3 is 0 Å². The fourth-order valence-corrected chi connectivity index (χ4v) is 3.85. The number of aromatic nitrogens is 3. The van der Waals surface area contributed by atoms with Crippen LogP contribution in [0.5, 0.6) is 0 Å². The Morgan fingerprint density at radius 1 is 1.12 bits per heavy atom. The number of pyridine rings is 1. The summed E-state index contributed by atoms with van der Waals surface area (Å²) in [6.07, 6.45) is 4.49. The third-order valence-corrected chi connectivity index (χ3v) is 5.54. The van der Waals surface area contributed by atoms with Crippen LogP contribution in [0.2, 0.25) is 5.02 Å². The molecule has 4 rings (SSSR count). The average molecular weight is 448 g/mol. The van der Waals surface area contributed by atoms with Gasteiger partial charge in [-0.15, -0.1) is 0 Å². The molecule has 0 unspecified atom stereocenters. The summed E-state index contributed by atoms with van der Waals surface area (Å²) >= 11 is 6.26. The maximum absolute atomic E-state index is 13.0. The van der Waals surface area contributed by atoms with Crippen LogP contribution in [0.4, 0.5) is 5.82 Å². The topological polar surface area (TPSA) is 88.9 Å². The van der Waals surface area contributed by atoms with Gasteiger partial charge in [-0.1, -0.05) is 41.6 Å². The lowest BCUT2D eigenvalue weighted by molar-refractivity contribution is -0.120. The van der Waals surface area contributed by atoms with Gasteiger partial charge in [0.25, 0.3) is 5.91 Å². The number of rotatable bonds is 4. The van der Waals surface area contributed by atoms with Crippen LogP contribution in [-0.4, -0.2) is 32.6 Å². The molecular weight excluding hydrogens is 426 g/mol. The van der Waals surface area contributed by atoms with Gasteiger partial charge in [0.1, 0.15) is 11.5 Å². The zero-order valence-electron chi connectivity index (χ0n) is 17.7. The van der Waals surface area contributed by atoms with E-state index in [0.29, 0.717) is 18.7 Å². The lowest BCUT2D eigenvalue weighted by Gasteiger charge is -2.36. The Kier molecular flexibility index (Phi) is 6.24. The Morgan fingerprint density at radius 2 is 1.84 bits per heavy atom. The number of carbonyl (C=O) groups is 2. The highest BCUT2D eigenvalue weighted by molar-refractivity contribution is 6.34. The van der Waals surface area contributed by atoms with Crippen LogP contribution in [0.1, 0.15) is 53.0 Å². The summed E-state index contributed by atoms with van der Waals surface area (Å²) in [7, 11) is 0. The first kappa shape index (κ1) is 21.6. The first-order chi connectivity index (χ1) is 15.4. The second kappa shape index (κ2) is 9.25. The molecule has 1 aliphatic carbocycles. The molecule has 32 heavy (non-hydrogen) atoms. The standard InChI is InChI=1S/C24H22ClN5O2/c1-15-10-18(9-8-17-6-4-3-5-7-17)13-26-23(15)29-24(32)22-21(25)14-27-30(22)20-11-19(12-20)28-16(2)31/h3-7,10,13-14,19-20H,11-12H2,1-2H3,(H,28,31)(H,26,29,32)/t19-,20+. The summed E-state index contributed by atoms with van der Waals surface area (Å²) in [6.45, 7) is 3.35. The molecule has 2 amide bonds. The van der Waals surface area contributed by atoms with Crippen molar-refractivity contribution in [2.75, 3.05) is 5.32 Å². The van der Waals surface area contributed by atoms with Crippen molar-refractivity contribution in [3.8, 4) is 11.8 Å². The van der Waals surface area contributed by atoms with E-state index in [9.17, 15) is 9.59 Å². The van der Waals surface area contributed by atoms with Crippen molar-refractivity contribution in [3.63, 3.8) is 0 Å². The van der Waals surface area contributed by atoms with Gasteiger partial charge in [-0.05, 0) is 43.5 Å². The van der Waals surface area contributed by atoms with E-state index in [0.717, 1.165) is 16.7 Å². The van der Waals surface area contributed by atoms with Gasteiger partial charge in [0, 0.05) is 30.3 Å². The number of anilines is 1. The van der Waals surface area contributed by atoms with Crippen molar-refractivity contribution in [2.45, 2.75) is 38.8 Å². The van der Waals surface area contributed by atoms with E-state index in [4.69, 9.17) is 11.6 Å². The van der Waals surface area contributed by atoms with Crippen LogP contribution < -0.4 is 10.6 Å². The monoisotopic (exact) mass is 447 g/mol. The number of aryl methyl sites for hydroxylation is 1. The molecule has 0 atom stereocenters. The third-order valence-electron chi connectivity index (χ3n) is 5.27. The van der Waals surface area contributed by atoms with Crippen molar-refractivity contribution < 1.29 is 9.59 Å².